The number of hydrogen-bond donors (Lipinski definition) is 1. The molecular formula is C12H17N3O2. The molecule has 1 aliphatic heterocycles. The van der Waals surface area contributed by atoms with E-state index in [0.29, 0.717) is 12.3 Å². The summed E-state index contributed by atoms with van der Waals surface area (Å²) in [5, 5.41) is 2.87. The van der Waals surface area contributed by atoms with Gasteiger partial charge in [0.25, 0.3) is 0 Å². The van der Waals surface area contributed by atoms with Gasteiger partial charge in [0.1, 0.15) is 0 Å². The van der Waals surface area contributed by atoms with Crippen molar-refractivity contribution in [3.05, 3.63) is 12.1 Å². The number of carbonyl (C=O) groups is 1. The van der Waals surface area contributed by atoms with Crippen LogP contribution in [-0.2, 0) is 4.79 Å². The Bertz CT molecular complexity index is 434. The molecule has 2 rings (SSSR count). The van der Waals surface area contributed by atoms with Gasteiger partial charge < -0.3 is 15.0 Å². The molecule has 1 N–H and O–H groups in total. The van der Waals surface area contributed by atoms with Crippen LogP contribution in [0.15, 0.2) is 12.1 Å². The third kappa shape index (κ3) is 2.18. The van der Waals surface area contributed by atoms with Crippen LogP contribution >= 0.6 is 0 Å². The molecule has 5 nitrogen and oxygen atoms in total. The number of rotatable bonds is 2. The first-order valence-corrected chi connectivity index (χ1v) is 5.77. The second-order valence-electron chi connectivity index (χ2n) is 4.11. The van der Waals surface area contributed by atoms with Gasteiger partial charge in [-0.15, -0.1) is 0 Å². The molecule has 1 amide bonds. The molecule has 1 unspecified atom stereocenters. The van der Waals surface area contributed by atoms with Gasteiger partial charge in [0.2, 0.25) is 11.8 Å². The summed E-state index contributed by atoms with van der Waals surface area (Å²) in [6, 6.07) is 3.73. The minimum absolute atomic E-state index is 0.0293. The normalized spacial score (nSPS) is 19.4. The number of carbonyl (C=O) groups excluding carboxylic acids is 1. The Morgan fingerprint density at radius 1 is 1.59 bits per heavy atom. The van der Waals surface area contributed by atoms with Gasteiger partial charge in [-0.2, -0.15) is 4.98 Å². The number of fused-ring (bicyclic) bond motifs is 1. The van der Waals surface area contributed by atoms with Crippen molar-refractivity contribution in [1.29, 1.82) is 0 Å². The van der Waals surface area contributed by atoms with Crippen LogP contribution in [0.1, 0.15) is 20.3 Å². The van der Waals surface area contributed by atoms with E-state index in [0.717, 1.165) is 18.1 Å². The molecular weight excluding hydrogens is 218 g/mol. The van der Waals surface area contributed by atoms with Gasteiger partial charge in [-0.05, 0) is 19.9 Å². The van der Waals surface area contributed by atoms with Crippen LogP contribution in [0.4, 0.5) is 11.5 Å². The molecule has 0 saturated carbocycles. The predicted molar refractivity (Wildman–Crippen MR) is 66.5 cm³/mol. The number of aromatic nitrogens is 1. The third-order valence-corrected chi connectivity index (χ3v) is 2.96. The first-order chi connectivity index (χ1) is 8.15. The van der Waals surface area contributed by atoms with Crippen molar-refractivity contribution in [2.24, 2.45) is 0 Å². The monoisotopic (exact) mass is 235 g/mol. The fourth-order valence-corrected chi connectivity index (χ4v) is 2.11. The van der Waals surface area contributed by atoms with Crippen LogP contribution in [0.3, 0.4) is 0 Å². The quantitative estimate of drug-likeness (QED) is 0.846. The lowest BCUT2D eigenvalue weighted by molar-refractivity contribution is -0.116. The fraction of sp³-hybridized carbons (Fsp3) is 0.500. The molecule has 1 aliphatic rings. The molecule has 0 spiro atoms. The van der Waals surface area contributed by atoms with E-state index in [2.05, 4.69) is 22.1 Å². The highest BCUT2D eigenvalue weighted by Crippen LogP contribution is 2.31. The summed E-state index contributed by atoms with van der Waals surface area (Å²) in [6.45, 7) is 4.89. The van der Waals surface area contributed by atoms with Crippen molar-refractivity contribution < 1.29 is 9.53 Å². The van der Waals surface area contributed by atoms with Crippen LogP contribution < -0.4 is 15.0 Å². The van der Waals surface area contributed by atoms with Gasteiger partial charge in [-0.1, -0.05) is 0 Å². The molecule has 5 heteroatoms. The summed E-state index contributed by atoms with van der Waals surface area (Å²) in [5.74, 6) is 1.37. The van der Waals surface area contributed by atoms with Crippen molar-refractivity contribution >= 4 is 17.4 Å². The Hall–Kier alpha value is -1.78. The standard InChI is InChI=1S/C12H17N3O2/c1-4-15-8(2)7-10(16)13-9-5-6-11(17-3)14-12(9)15/h5-6,8H,4,7H2,1-3H3,(H,13,16). The SMILES string of the molecule is CCN1c2nc(OC)ccc2NC(=O)CC1C. The lowest BCUT2D eigenvalue weighted by atomic mass is 10.2. The minimum Gasteiger partial charge on any atom is -0.481 e. The van der Waals surface area contributed by atoms with Crippen LogP contribution in [0.5, 0.6) is 5.88 Å². The molecule has 0 saturated heterocycles. The predicted octanol–water partition coefficient (Wildman–Crippen LogP) is 1.65. The summed E-state index contributed by atoms with van der Waals surface area (Å²) < 4.78 is 5.13. The molecule has 0 radical (unpaired) electrons. The van der Waals surface area contributed by atoms with E-state index >= 15 is 0 Å². The second kappa shape index (κ2) is 4.61. The number of ether oxygens (including phenoxy) is 1. The van der Waals surface area contributed by atoms with Crippen LogP contribution in [0.2, 0.25) is 0 Å². The topological polar surface area (TPSA) is 54.5 Å². The Labute approximate surface area is 101 Å². The van der Waals surface area contributed by atoms with Gasteiger partial charge in [0, 0.05) is 25.1 Å². The maximum Gasteiger partial charge on any atom is 0.226 e. The zero-order valence-electron chi connectivity index (χ0n) is 10.4. The Kier molecular flexibility index (Phi) is 3.17. The van der Waals surface area contributed by atoms with E-state index in [1.54, 1.807) is 13.2 Å². The molecule has 0 bridgehead atoms. The molecule has 0 aromatic carbocycles. The van der Waals surface area contributed by atoms with E-state index in [1.807, 2.05) is 13.0 Å². The second-order valence-corrected chi connectivity index (χ2v) is 4.11. The first kappa shape index (κ1) is 11.7. The van der Waals surface area contributed by atoms with Gasteiger partial charge in [0.05, 0.1) is 12.8 Å². The molecule has 1 atom stereocenters. The number of nitrogens with zero attached hydrogens (tertiary/aromatic N) is 2. The van der Waals surface area contributed by atoms with Crippen molar-refractivity contribution in [2.75, 3.05) is 23.9 Å². The lowest BCUT2D eigenvalue weighted by Gasteiger charge is -2.27. The number of anilines is 2. The number of nitrogens with one attached hydrogen (secondary N) is 1. The Balaban J connectivity index is 2.48. The average Bonchev–Trinajstić information content (AvgIpc) is 2.42. The summed E-state index contributed by atoms with van der Waals surface area (Å²) in [4.78, 5) is 18.2. The average molecular weight is 235 g/mol. The maximum atomic E-state index is 11.7. The zero-order valence-corrected chi connectivity index (χ0v) is 10.4. The van der Waals surface area contributed by atoms with Crippen LogP contribution in [0, 0.1) is 0 Å². The Morgan fingerprint density at radius 2 is 2.35 bits per heavy atom. The minimum atomic E-state index is 0.0293. The zero-order chi connectivity index (χ0) is 12.4. The highest BCUT2D eigenvalue weighted by atomic mass is 16.5. The largest absolute Gasteiger partial charge is 0.481 e. The number of pyridine rings is 1. The van der Waals surface area contributed by atoms with Crippen LogP contribution in [0.25, 0.3) is 0 Å². The maximum absolute atomic E-state index is 11.7. The lowest BCUT2D eigenvalue weighted by Crippen LogP contribution is -2.33. The van der Waals surface area contributed by atoms with Crippen molar-refractivity contribution in [1.82, 2.24) is 4.98 Å². The van der Waals surface area contributed by atoms with Crippen LogP contribution in [-0.4, -0.2) is 30.6 Å². The molecule has 2 heterocycles. The molecule has 17 heavy (non-hydrogen) atoms. The van der Waals surface area contributed by atoms with Crippen molar-refractivity contribution in [3.63, 3.8) is 0 Å². The molecule has 92 valence electrons. The van der Waals surface area contributed by atoms with Crippen molar-refractivity contribution in [2.45, 2.75) is 26.3 Å². The summed E-state index contributed by atoms with van der Waals surface area (Å²) >= 11 is 0. The molecule has 1 aromatic rings. The fourth-order valence-electron chi connectivity index (χ4n) is 2.11. The summed E-state index contributed by atoms with van der Waals surface area (Å²) in [5.41, 5.74) is 0.752. The smallest absolute Gasteiger partial charge is 0.226 e. The van der Waals surface area contributed by atoms with E-state index in [-0.39, 0.29) is 11.9 Å². The van der Waals surface area contributed by atoms with Gasteiger partial charge in [-0.25, -0.2) is 0 Å². The summed E-state index contributed by atoms with van der Waals surface area (Å²) in [7, 11) is 1.59. The van der Waals surface area contributed by atoms with E-state index < -0.39 is 0 Å². The molecule has 0 aliphatic carbocycles. The van der Waals surface area contributed by atoms with E-state index in [1.165, 1.54) is 0 Å². The summed E-state index contributed by atoms with van der Waals surface area (Å²) in [6.07, 6.45) is 0.479. The number of hydrogen-bond acceptors (Lipinski definition) is 4. The van der Waals surface area contributed by atoms with Gasteiger partial charge >= 0.3 is 0 Å². The van der Waals surface area contributed by atoms with Gasteiger partial charge in [0.15, 0.2) is 5.82 Å². The Morgan fingerprint density at radius 3 is 3.00 bits per heavy atom. The van der Waals surface area contributed by atoms with E-state index in [4.69, 9.17) is 4.74 Å². The first-order valence-electron chi connectivity index (χ1n) is 5.77. The number of methoxy groups -OCH3 is 1. The third-order valence-electron chi connectivity index (χ3n) is 2.96. The molecule has 1 aromatic heterocycles. The number of amides is 1. The highest BCUT2D eigenvalue weighted by molar-refractivity contribution is 5.95. The van der Waals surface area contributed by atoms with E-state index in [9.17, 15) is 4.79 Å². The molecule has 0 fully saturated rings. The highest BCUT2D eigenvalue weighted by Gasteiger charge is 2.25. The van der Waals surface area contributed by atoms with Gasteiger partial charge in [-0.3, -0.25) is 4.79 Å². The van der Waals surface area contributed by atoms with Crippen molar-refractivity contribution in [3.8, 4) is 5.88 Å².